The minimum Gasteiger partial charge on any atom is -0.336 e. The molecule has 0 unspecified atom stereocenters. The molecule has 0 aliphatic rings. The molecule has 2 aromatic rings. The van der Waals surface area contributed by atoms with E-state index < -0.39 is 5.82 Å². The first kappa shape index (κ1) is 20.3. The van der Waals surface area contributed by atoms with Gasteiger partial charge in [0, 0.05) is 31.1 Å². The number of para-hydroxylation sites is 1. The van der Waals surface area contributed by atoms with E-state index in [1.165, 1.54) is 36.2 Å². The number of hydrogen-bond acceptors (Lipinski definition) is 3. The Morgan fingerprint density at radius 1 is 1.00 bits per heavy atom. The van der Waals surface area contributed by atoms with E-state index in [2.05, 4.69) is 5.32 Å². The largest absolute Gasteiger partial charge is 0.336 e. The number of halogens is 1. The molecule has 142 valence electrons. The molecule has 6 heteroatoms. The fourth-order valence-corrected chi connectivity index (χ4v) is 2.64. The van der Waals surface area contributed by atoms with E-state index in [0.717, 1.165) is 17.7 Å². The fourth-order valence-electron chi connectivity index (χ4n) is 2.64. The molecule has 2 rings (SSSR count). The number of aryl methyl sites for hydroxylation is 1. The number of likely N-dealkylation sites (N-methyl/N-ethyl adjacent to an activating group) is 1. The lowest BCUT2D eigenvalue weighted by Crippen LogP contribution is -2.35. The molecule has 0 spiro atoms. The van der Waals surface area contributed by atoms with Crippen LogP contribution in [0, 0.1) is 5.82 Å². The summed E-state index contributed by atoms with van der Waals surface area (Å²) in [5.74, 6) is -1.25. The summed E-state index contributed by atoms with van der Waals surface area (Å²) < 4.78 is 12.9. The zero-order valence-electron chi connectivity index (χ0n) is 15.5. The Bertz CT molecular complexity index is 818. The van der Waals surface area contributed by atoms with Crippen LogP contribution >= 0.6 is 0 Å². The highest BCUT2D eigenvalue weighted by Crippen LogP contribution is 2.15. The van der Waals surface area contributed by atoms with Gasteiger partial charge in [-0.25, -0.2) is 4.39 Å². The van der Waals surface area contributed by atoms with Crippen LogP contribution in [0.3, 0.4) is 0 Å². The Balaban J connectivity index is 1.83. The molecule has 2 amide bonds. The average Bonchev–Trinajstić information content (AvgIpc) is 2.66. The quantitative estimate of drug-likeness (QED) is 0.724. The van der Waals surface area contributed by atoms with Crippen molar-refractivity contribution in [2.24, 2.45) is 0 Å². The Morgan fingerprint density at radius 3 is 2.33 bits per heavy atom. The first-order valence-corrected chi connectivity index (χ1v) is 8.81. The number of Topliss-reactive ketones (excluding diaryl/α,β-unsaturated/α-hetero) is 1. The van der Waals surface area contributed by atoms with Crippen LogP contribution in [0.1, 0.15) is 35.7 Å². The normalized spacial score (nSPS) is 10.3. The molecule has 5 nitrogen and oxygen atoms in total. The maximum atomic E-state index is 12.9. The maximum Gasteiger partial charge on any atom is 0.243 e. The van der Waals surface area contributed by atoms with E-state index in [0.29, 0.717) is 5.56 Å². The van der Waals surface area contributed by atoms with Crippen molar-refractivity contribution in [2.45, 2.75) is 26.2 Å². The van der Waals surface area contributed by atoms with Crippen molar-refractivity contribution in [2.75, 3.05) is 18.9 Å². The molecular formula is C21H23FN2O3. The number of nitrogens with one attached hydrogen (secondary N) is 1. The second-order valence-corrected chi connectivity index (χ2v) is 6.24. The van der Waals surface area contributed by atoms with Gasteiger partial charge in [-0.1, -0.05) is 25.1 Å². The first-order chi connectivity index (χ1) is 12.9. The van der Waals surface area contributed by atoms with Gasteiger partial charge in [0.1, 0.15) is 5.82 Å². The van der Waals surface area contributed by atoms with Crippen molar-refractivity contribution in [1.82, 2.24) is 4.90 Å². The van der Waals surface area contributed by atoms with Crippen molar-refractivity contribution >= 4 is 23.3 Å². The lowest BCUT2D eigenvalue weighted by molar-refractivity contribution is -0.133. The zero-order valence-corrected chi connectivity index (χ0v) is 15.5. The van der Waals surface area contributed by atoms with Crippen LogP contribution in [0.2, 0.25) is 0 Å². The van der Waals surface area contributed by atoms with E-state index >= 15 is 0 Å². The van der Waals surface area contributed by atoms with Crippen LogP contribution in [0.4, 0.5) is 10.1 Å². The molecule has 0 radical (unpaired) electrons. The molecule has 0 saturated heterocycles. The summed E-state index contributed by atoms with van der Waals surface area (Å²) in [4.78, 5) is 37.7. The minimum atomic E-state index is -0.419. The second kappa shape index (κ2) is 9.62. The Kier molecular flexibility index (Phi) is 7.23. The third-order valence-corrected chi connectivity index (χ3v) is 4.21. The van der Waals surface area contributed by atoms with Crippen molar-refractivity contribution in [3.8, 4) is 0 Å². The zero-order chi connectivity index (χ0) is 19.8. The Morgan fingerprint density at radius 2 is 1.67 bits per heavy atom. The summed E-state index contributed by atoms with van der Waals surface area (Å²) in [6.45, 7) is 1.90. The molecule has 0 aliphatic heterocycles. The van der Waals surface area contributed by atoms with Crippen molar-refractivity contribution < 1.29 is 18.8 Å². The van der Waals surface area contributed by atoms with Crippen LogP contribution in [0.5, 0.6) is 0 Å². The molecule has 0 heterocycles. The SMILES string of the molecule is CCc1ccccc1NC(=O)CN(C)C(=O)CCC(=O)c1ccc(F)cc1. The fraction of sp³-hybridized carbons (Fsp3) is 0.286. The first-order valence-electron chi connectivity index (χ1n) is 8.81. The lowest BCUT2D eigenvalue weighted by Gasteiger charge is -2.17. The van der Waals surface area contributed by atoms with Gasteiger partial charge in [0.2, 0.25) is 11.8 Å². The summed E-state index contributed by atoms with van der Waals surface area (Å²) in [5, 5.41) is 2.81. The molecule has 2 aromatic carbocycles. The summed E-state index contributed by atoms with van der Waals surface area (Å²) >= 11 is 0. The van der Waals surface area contributed by atoms with E-state index in [1.54, 1.807) is 0 Å². The number of rotatable bonds is 8. The van der Waals surface area contributed by atoms with Gasteiger partial charge in [-0.05, 0) is 42.3 Å². The van der Waals surface area contributed by atoms with Gasteiger partial charge in [-0.2, -0.15) is 0 Å². The predicted octanol–water partition coefficient (Wildman–Crippen LogP) is 3.45. The predicted molar refractivity (Wildman–Crippen MR) is 102 cm³/mol. The highest BCUT2D eigenvalue weighted by molar-refractivity contribution is 5.99. The topological polar surface area (TPSA) is 66.5 Å². The summed E-state index contributed by atoms with van der Waals surface area (Å²) in [7, 11) is 1.52. The number of amides is 2. The third-order valence-electron chi connectivity index (χ3n) is 4.21. The Labute approximate surface area is 158 Å². The number of carbonyl (C=O) groups excluding carboxylic acids is 3. The smallest absolute Gasteiger partial charge is 0.243 e. The molecule has 0 fully saturated rings. The van der Waals surface area contributed by atoms with Crippen molar-refractivity contribution in [3.05, 3.63) is 65.5 Å². The number of anilines is 1. The number of nitrogens with zero attached hydrogens (tertiary/aromatic N) is 1. The van der Waals surface area contributed by atoms with Crippen molar-refractivity contribution in [3.63, 3.8) is 0 Å². The number of benzene rings is 2. The van der Waals surface area contributed by atoms with Crippen LogP contribution in [-0.4, -0.2) is 36.1 Å². The van der Waals surface area contributed by atoms with E-state index in [4.69, 9.17) is 0 Å². The molecular weight excluding hydrogens is 347 g/mol. The Hall–Kier alpha value is -3.02. The van der Waals surface area contributed by atoms with Crippen LogP contribution in [0.25, 0.3) is 0 Å². The molecule has 27 heavy (non-hydrogen) atoms. The van der Waals surface area contributed by atoms with Crippen LogP contribution in [0.15, 0.2) is 48.5 Å². The molecule has 0 bridgehead atoms. The summed E-state index contributed by atoms with van der Waals surface area (Å²) in [6.07, 6.45) is 0.789. The van der Waals surface area contributed by atoms with Gasteiger partial charge < -0.3 is 10.2 Å². The van der Waals surface area contributed by atoms with Crippen LogP contribution < -0.4 is 5.32 Å². The van der Waals surface area contributed by atoms with Gasteiger partial charge >= 0.3 is 0 Å². The highest BCUT2D eigenvalue weighted by atomic mass is 19.1. The third kappa shape index (κ3) is 6.02. The van der Waals surface area contributed by atoms with Crippen LogP contribution in [-0.2, 0) is 16.0 Å². The van der Waals surface area contributed by atoms with E-state index in [9.17, 15) is 18.8 Å². The molecule has 0 atom stereocenters. The van der Waals surface area contributed by atoms with Crippen molar-refractivity contribution in [1.29, 1.82) is 0 Å². The molecule has 0 aliphatic carbocycles. The van der Waals surface area contributed by atoms with Gasteiger partial charge in [0.15, 0.2) is 5.78 Å². The molecule has 0 saturated carbocycles. The van der Waals surface area contributed by atoms with Gasteiger partial charge in [-0.15, -0.1) is 0 Å². The monoisotopic (exact) mass is 370 g/mol. The summed E-state index contributed by atoms with van der Waals surface area (Å²) in [5.41, 5.74) is 2.11. The van der Waals surface area contributed by atoms with E-state index in [-0.39, 0.29) is 37.0 Å². The average molecular weight is 370 g/mol. The number of hydrogen-bond donors (Lipinski definition) is 1. The highest BCUT2D eigenvalue weighted by Gasteiger charge is 2.16. The second-order valence-electron chi connectivity index (χ2n) is 6.24. The van der Waals surface area contributed by atoms with Gasteiger partial charge in [0.25, 0.3) is 0 Å². The van der Waals surface area contributed by atoms with Gasteiger partial charge in [0.05, 0.1) is 6.54 Å². The van der Waals surface area contributed by atoms with Gasteiger partial charge in [-0.3, -0.25) is 14.4 Å². The number of ketones is 1. The maximum absolute atomic E-state index is 12.9. The lowest BCUT2D eigenvalue weighted by atomic mass is 10.1. The molecule has 0 aromatic heterocycles. The summed E-state index contributed by atoms with van der Waals surface area (Å²) in [6, 6.07) is 12.7. The van der Waals surface area contributed by atoms with E-state index in [1.807, 2.05) is 31.2 Å². The number of carbonyl (C=O) groups is 3. The minimum absolute atomic E-state index is 0.00840. The molecule has 1 N–H and O–H groups in total. The standard InChI is InChI=1S/C21H23FN2O3/c1-3-15-6-4-5-7-18(15)23-20(26)14-24(2)21(27)13-12-19(25)16-8-10-17(22)11-9-16/h4-11H,3,12-14H2,1-2H3,(H,23,26).